The summed E-state index contributed by atoms with van der Waals surface area (Å²) in [5.41, 5.74) is 4.23. The fraction of sp³-hybridized carbons (Fsp3) is 0.182. The first kappa shape index (κ1) is 19.1. The maximum atomic E-state index is 12.7. The number of fused-ring (bicyclic) bond motifs is 1. The minimum atomic E-state index is -0.263. The van der Waals surface area contributed by atoms with Crippen molar-refractivity contribution < 1.29 is 9.59 Å². The van der Waals surface area contributed by atoms with Crippen LogP contribution >= 0.6 is 11.8 Å². The van der Waals surface area contributed by atoms with E-state index in [0.29, 0.717) is 18.5 Å². The summed E-state index contributed by atoms with van der Waals surface area (Å²) in [5.74, 6) is -0.168. The number of carbonyl (C=O) groups is 2. The van der Waals surface area contributed by atoms with Crippen LogP contribution in [-0.4, -0.2) is 27.0 Å². The van der Waals surface area contributed by atoms with Crippen molar-refractivity contribution in [3.8, 4) is 0 Å². The van der Waals surface area contributed by atoms with Gasteiger partial charge in [0.15, 0.2) is 0 Å². The van der Waals surface area contributed by atoms with Crippen molar-refractivity contribution >= 4 is 29.3 Å². The quantitative estimate of drug-likeness (QED) is 0.681. The summed E-state index contributed by atoms with van der Waals surface area (Å²) in [6.07, 6.45) is 7.48. The van der Waals surface area contributed by atoms with Crippen LogP contribution < -0.4 is 10.6 Å². The number of carbonyl (C=O) groups excluding carboxylic acids is 2. The molecule has 0 saturated heterocycles. The van der Waals surface area contributed by atoms with Crippen LogP contribution in [0.1, 0.15) is 27.0 Å². The molecule has 1 aliphatic rings. The van der Waals surface area contributed by atoms with E-state index in [1.165, 1.54) is 11.8 Å². The van der Waals surface area contributed by atoms with Gasteiger partial charge in [0, 0.05) is 41.8 Å². The van der Waals surface area contributed by atoms with E-state index in [1.54, 1.807) is 24.8 Å². The number of thioether (sulfide) groups is 1. The van der Waals surface area contributed by atoms with Crippen LogP contribution in [0.4, 0.5) is 5.69 Å². The molecule has 0 aliphatic carbocycles. The molecule has 0 spiro atoms. The van der Waals surface area contributed by atoms with Crippen LogP contribution in [0.3, 0.4) is 0 Å². The van der Waals surface area contributed by atoms with Crippen molar-refractivity contribution in [2.24, 2.45) is 0 Å². The van der Waals surface area contributed by atoms with Gasteiger partial charge in [0.05, 0.1) is 10.9 Å². The number of anilines is 1. The molecule has 1 unspecified atom stereocenters. The lowest BCUT2D eigenvalue weighted by Gasteiger charge is -2.26. The minimum Gasteiger partial charge on any atom is -0.348 e. The predicted molar refractivity (Wildman–Crippen MR) is 113 cm³/mol. The van der Waals surface area contributed by atoms with Crippen LogP contribution in [0.25, 0.3) is 0 Å². The number of aromatic nitrogens is 2. The van der Waals surface area contributed by atoms with Crippen molar-refractivity contribution in [3.63, 3.8) is 0 Å². The third-order valence-electron chi connectivity index (χ3n) is 4.72. The highest BCUT2D eigenvalue weighted by Gasteiger charge is 2.29. The van der Waals surface area contributed by atoms with Gasteiger partial charge in [-0.05, 0) is 60.4 Å². The SMILES string of the molecule is Cc1cc(C(=O)NCc2ccncc2)cc2c1NC(=O)C(Cc1cccnc1)S2. The molecule has 6 nitrogen and oxygen atoms in total. The third-order valence-corrected chi connectivity index (χ3v) is 5.96. The zero-order valence-corrected chi connectivity index (χ0v) is 16.7. The first-order valence-electron chi connectivity index (χ1n) is 9.28. The number of amides is 2. The topological polar surface area (TPSA) is 84.0 Å². The van der Waals surface area contributed by atoms with Gasteiger partial charge in [0.1, 0.15) is 0 Å². The number of rotatable bonds is 5. The van der Waals surface area contributed by atoms with E-state index in [1.807, 2.05) is 43.3 Å². The molecule has 0 bridgehead atoms. The Morgan fingerprint density at radius 1 is 1.14 bits per heavy atom. The predicted octanol–water partition coefficient (Wildman–Crippen LogP) is 3.37. The minimum absolute atomic E-state index is 0.0238. The fourth-order valence-electron chi connectivity index (χ4n) is 3.20. The van der Waals surface area contributed by atoms with Gasteiger partial charge >= 0.3 is 0 Å². The number of hydrogen-bond donors (Lipinski definition) is 2. The van der Waals surface area contributed by atoms with Crippen molar-refractivity contribution in [2.75, 3.05) is 5.32 Å². The highest BCUT2D eigenvalue weighted by Crippen LogP contribution is 2.39. The van der Waals surface area contributed by atoms with Gasteiger partial charge < -0.3 is 10.6 Å². The number of hydrogen-bond acceptors (Lipinski definition) is 5. The van der Waals surface area contributed by atoms with Crippen LogP contribution in [-0.2, 0) is 17.8 Å². The zero-order chi connectivity index (χ0) is 20.2. The first-order chi connectivity index (χ1) is 14.1. The molecule has 7 heteroatoms. The second kappa shape index (κ2) is 8.45. The Morgan fingerprint density at radius 2 is 1.97 bits per heavy atom. The third kappa shape index (κ3) is 4.46. The largest absolute Gasteiger partial charge is 0.348 e. The fourth-order valence-corrected chi connectivity index (χ4v) is 4.48. The van der Waals surface area contributed by atoms with Gasteiger partial charge in [-0.25, -0.2) is 0 Å². The molecule has 146 valence electrons. The van der Waals surface area contributed by atoms with Gasteiger partial charge in [-0.3, -0.25) is 19.6 Å². The summed E-state index contributed by atoms with van der Waals surface area (Å²) in [5, 5.41) is 5.68. The van der Waals surface area contributed by atoms with Gasteiger partial charge in [0.25, 0.3) is 5.91 Å². The first-order valence-corrected chi connectivity index (χ1v) is 10.2. The second-order valence-electron chi connectivity index (χ2n) is 6.87. The number of aryl methyl sites for hydroxylation is 1. The molecule has 4 rings (SSSR count). The maximum Gasteiger partial charge on any atom is 0.251 e. The molecule has 0 radical (unpaired) electrons. The molecule has 3 aromatic rings. The van der Waals surface area contributed by atoms with E-state index in [2.05, 4.69) is 20.6 Å². The average Bonchev–Trinajstić information content (AvgIpc) is 2.74. The highest BCUT2D eigenvalue weighted by molar-refractivity contribution is 8.01. The van der Waals surface area contributed by atoms with E-state index in [4.69, 9.17) is 0 Å². The molecule has 1 aromatic carbocycles. The molecule has 3 heterocycles. The molecular formula is C22H20N4O2S. The Balaban J connectivity index is 1.51. The number of nitrogens with one attached hydrogen (secondary N) is 2. The van der Waals surface area contributed by atoms with Crippen LogP contribution in [0, 0.1) is 6.92 Å². The van der Waals surface area contributed by atoms with Crippen molar-refractivity contribution in [3.05, 3.63) is 83.4 Å². The summed E-state index contributed by atoms with van der Waals surface area (Å²) in [6.45, 7) is 2.34. The Hall–Kier alpha value is -3.19. The maximum absolute atomic E-state index is 12.7. The lowest BCUT2D eigenvalue weighted by atomic mass is 10.1. The Bertz CT molecular complexity index is 1040. The van der Waals surface area contributed by atoms with E-state index >= 15 is 0 Å². The summed E-state index contributed by atoms with van der Waals surface area (Å²) in [7, 11) is 0. The van der Waals surface area contributed by atoms with Crippen LogP contribution in [0.5, 0.6) is 0 Å². The Labute approximate surface area is 173 Å². The van der Waals surface area contributed by atoms with Gasteiger partial charge in [0.2, 0.25) is 5.91 Å². The molecule has 0 saturated carbocycles. The van der Waals surface area contributed by atoms with Crippen molar-refractivity contribution in [2.45, 2.75) is 30.0 Å². The molecular weight excluding hydrogens is 384 g/mol. The molecule has 29 heavy (non-hydrogen) atoms. The lowest BCUT2D eigenvalue weighted by Crippen LogP contribution is -2.31. The summed E-state index contributed by atoms with van der Waals surface area (Å²) in [6, 6.07) is 11.2. The van der Waals surface area contributed by atoms with E-state index in [-0.39, 0.29) is 17.1 Å². The Morgan fingerprint density at radius 3 is 2.72 bits per heavy atom. The number of benzene rings is 1. The summed E-state index contributed by atoms with van der Waals surface area (Å²) < 4.78 is 0. The van der Waals surface area contributed by atoms with E-state index < -0.39 is 0 Å². The summed E-state index contributed by atoms with van der Waals surface area (Å²) >= 11 is 1.49. The van der Waals surface area contributed by atoms with E-state index in [0.717, 1.165) is 27.3 Å². The van der Waals surface area contributed by atoms with Crippen molar-refractivity contribution in [1.29, 1.82) is 0 Å². The van der Waals surface area contributed by atoms with E-state index in [9.17, 15) is 9.59 Å². The van der Waals surface area contributed by atoms with Gasteiger partial charge in [-0.15, -0.1) is 11.8 Å². The average molecular weight is 404 g/mol. The normalized spacial score (nSPS) is 15.3. The number of pyridine rings is 2. The molecule has 1 aliphatic heterocycles. The van der Waals surface area contributed by atoms with Gasteiger partial charge in [-0.2, -0.15) is 0 Å². The Kier molecular flexibility index (Phi) is 5.57. The lowest BCUT2D eigenvalue weighted by molar-refractivity contribution is -0.115. The molecule has 0 fully saturated rings. The monoisotopic (exact) mass is 404 g/mol. The molecule has 2 N–H and O–H groups in total. The van der Waals surface area contributed by atoms with Gasteiger partial charge in [-0.1, -0.05) is 6.07 Å². The number of nitrogens with zero attached hydrogens (tertiary/aromatic N) is 2. The van der Waals surface area contributed by atoms with Crippen molar-refractivity contribution in [1.82, 2.24) is 15.3 Å². The molecule has 2 aromatic heterocycles. The molecule has 2 amide bonds. The van der Waals surface area contributed by atoms with Crippen LogP contribution in [0.2, 0.25) is 0 Å². The second-order valence-corrected chi connectivity index (χ2v) is 8.11. The molecule has 1 atom stereocenters. The summed E-state index contributed by atoms with van der Waals surface area (Å²) in [4.78, 5) is 34.2. The van der Waals surface area contributed by atoms with Crippen LogP contribution in [0.15, 0.2) is 66.1 Å². The standard InChI is InChI=1S/C22H20N4O2S/c1-14-9-17(21(27)25-13-15-4-7-23-8-5-15)11-18-20(14)26-22(28)19(29-18)10-16-3-2-6-24-12-16/h2-9,11-12,19H,10,13H2,1H3,(H,25,27)(H,26,28). The zero-order valence-electron chi connectivity index (χ0n) is 15.9. The highest BCUT2D eigenvalue weighted by atomic mass is 32.2. The smallest absolute Gasteiger partial charge is 0.251 e.